The van der Waals surface area contributed by atoms with E-state index in [0.717, 1.165) is 12.0 Å². The number of benzene rings is 2. The Kier molecular flexibility index (Phi) is 13.1. The normalized spacial score (nSPS) is 16.2. The van der Waals surface area contributed by atoms with Gasteiger partial charge >= 0.3 is 11.9 Å². The molecule has 0 spiro atoms. The zero-order chi connectivity index (χ0) is 33.6. The second-order valence-corrected chi connectivity index (χ2v) is 10.8. The summed E-state index contributed by atoms with van der Waals surface area (Å²) in [7, 11) is 0. The van der Waals surface area contributed by atoms with Crippen molar-refractivity contribution < 1.29 is 33.5 Å². The van der Waals surface area contributed by atoms with Crippen LogP contribution in [0.25, 0.3) is 6.08 Å². The third kappa shape index (κ3) is 9.99. The molecule has 1 aliphatic heterocycles. The van der Waals surface area contributed by atoms with E-state index in [0.29, 0.717) is 36.8 Å². The van der Waals surface area contributed by atoms with Crippen molar-refractivity contribution in [1.82, 2.24) is 4.98 Å². The van der Waals surface area contributed by atoms with Gasteiger partial charge in [-0.3, -0.25) is 24.9 Å². The molecule has 0 aliphatic carbocycles. The molecule has 3 aromatic rings. The number of carbonyl (C=O) groups excluding carboxylic acids is 2. The first kappa shape index (κ1) is 34.9. The van der Waals surface area contributed by atoms with Crippen molar-refractivity contribution in [2.75, 3.05) is 39.6 Å². The Morgan fingerprint density at radius 3 is 2.43 bits per heavy atom. The van der Waals surface area contributed by atoms with Gasteiger partial charge in [-0.25, -0.2) is 4.79 Å². The van der Waals surface area contributed by atoms with E-state index in [2.05, 4.69) is 40.3 Å². The van der Waals surface area contributed by atoms with E-state index in [4.69, 9.17) is 18.9 Å². The number of aliphatic imine (C=N–C) groups is 1. The summed E-state index contributed by atoms with van der Waals surface area (Å²) >= 11 is 0. The first-order chi connectivity index (χ1) is 22.8. The number of hydrogen-bond acceptors (Lipinski definition) is 10. The predicted octanol–water partition coefficient (Wildman–Crippen LogP) is 5.88. The van der Waals surface area contributed by atoms with Crippen molar-refractivity contribution in [2.24, 2.45) is 10.9 Å². The van der Waals surface area contributed by atoms with Gasteiger partial charge in [-0.15, -0.1) is 0 Å². The molecule has 0 bridgehead atoms. The highest BCUT2D eigenvalue weighted by molar-refractivity contribution is 6.07. The number of nitro benzene ring substituents is 1. The molecule has 0 saturated carbocycles. The molecule has 47 heavy (non-hydrogen) atoms. The van der Waals surface area contributed by atoms with E-state index in [1.54, 1.807) is 33.0 Å². The van der Waals surface area contributed by atoms with Crippen LogP contribution in [-0.2, 0) is 35.0 Å². The molecule has 0 radical (unpaired) electrons. The van der Waals surface area contributed by atoms with Gasteiger partial charge < -0.3 is 18.9 Å². The largest absolute Gasteiger partial charge is 0.465 e. The minimum absolute atomic E-state index is 0.0409. The Balaban J connectivity index is 1.23. The van der Waals surface area contributed by atoms with Crippen LogP contribution >= 0.6 is 0 Å². The molecule has 0 N–H and O–H groups in total. The van der Waals surface area contributed by atoms with E-state index in [1.165, 1.54) is 29.3 Å². The molecule has 2 heterocycles. The number of rotatable bonds is 16. The quantitative estimate of drug-likeness (QED) is 0.0812. The molecule has 11 nitrogen and oxygen atoms in total. The van der Waals surface area contributed by atoms with Gasteiger partial charge in [0, 0.05) is 41.9 Å². The minimum Gasteiger partial charge on any atom is -0.465 e. The molecular weight excluding hydrogens is 602 g/mol. The highest BCUT2D eigenvalue weighted by Crippen LogP contribution is 2.41. The number of allylic oxidation sites excluding steroid dienone is 1. The lowest BCUT2D eigenvalue weighted by atomic mass is 9.75. The Morgan fingerprint density at radius 1 is 0.936 bits per heavy atom. The summed E-state index contributed by atoms with van der Waals surface area (Å²) < 4.78 is 22.0. The summed E-state index contributed by atoms with van der Waals surface area (Å²) in [6.45, 7) is 6.31. The summed E-state index contributed by atoms with van der Waals surface area (Å²) in [6, 6.07) is 18.2. The fraction of sp³-hybridized carbons (Fsp3) is 0.333. The average Bonchev–Trinajstić information content (AvgIpc) is 3.06. The van der Waals surface area contributed by atoms with Gasteiger partial charge in [-0.1, -0.05) is 54.6 Å². The highest BCUT2D eigenvalue weighted by Gasteiger charge is 2.42. The van der Waals surface area contributed by atoms with Crippen molar-refractivity contribution >= 4 is 29.4 Å². The minimum atomic E-state index is -0.942. The van der Waals surface area contributed by atoms with Crippen LogP contribution in [0, 0.1) is 16.0 Å². The van der Waals surface area contributed by atoms with Gasteiger partial charge in [-0.2, -0.15) is 0 Å². The molecule has 246 valence electrons. The van der Waals surface area contributed by atoms with Crippen LogP contribution in [0.4, 0.5) is 5.69 Å². The number of carbonyl (C=O) groups is 2. The summed E-state index contributed by atoms with van der Waals surface area (Å²) in [5.74, 6) is -3.07. The van der Waals surface area contributed by atoms with Crippen molar-refractivity contribution in [3.8, 4) is 0 Å². The molecule has 0 fully saturated rings. The lowest BCUT2D eigenvalue weighted by molar-refractivity contribution is -0.384. The molecular formula is C36H39N3O8. The Labute approximate surface area is 274 Å². The topological polar surface area (TPSA) is 139 Å². The maximum Gasteiger partial charge on any atom is 0.336 e. The third-order valence-corrected chi connectivity index (χ3v) is 7.50. The van der Waals surface area contributed by atoms with E-state index in [9.17, 15) is 19.7 Å². The number of pyridine rings is 1. The molecule has 2 atom stereocenters. The smallest absolute Gasteiger partial charge is 0.336 e. The molecule has 0 amide bonds. The fourth-order valence-electron chi connectivity index (χ4n) is 5.34. The summed E-state index contributed by atoms with van der Waals surface area (Å²) in [6.07, 6.45) is 8.40. The van der Waals surface area contributed by atoms with Gasteiger partial charge in [-0.05, 0) is 55.5 Å². The van der Waals surface area contributed by atoms with Crippen LogP contribution in [-0.4, -0.2) is 67.2 Å². The molecule has 2 aromatic carbocycles. The van der Waals surface area contributed by atoms with Crippen LogP contribution in [0.15, 0.2) is 95.4 Å². The maximum absolute atomic E-state index is 13.3. The van der Waals surface area contributed by atoms with E-state index >= 15 is 0 Å². The van der Waals surface area contributed by atoms with Crippen LogP contribution in [0.2, 0.25) is 0 Å². The Hall–Kier alpha value is -5.00. The summed E-state index contributed by atoms with van der Waals surface area (Å²) in [5.41, 5.74) is 4.67. The number of aromatic nitrogens is 1. The molecule has 1 aromatic heterocycles. The Bertz CT molecular complexity index is 1620. The number of nitro groups is 1. The van der Waals surface area contributed by atoms with Crippen molar-refractivity contribution in [3.05, 3.63) is 123 Å². The van der Waals surface area contributed by atoms with Crippen molar-refractivity contribution in [1.29, 1.82) is 0 Å². The van der Waals surface area contributed by atoms with Crippen molar-refractivity contribution in [3.63, 3.8) is 0 Å². The summed E-state index contributed by atoms with van der Waals surface area (Å²) in [5, 5.41) is 11.5. The number of nitrogens with zero attached hydrogens (tertiary/aromatic N) is 3. The van der Waals surface area contributed by atoms with Crippen LogP contribution in [0.5, 0.6) is 0 Å². The molecule has 1 aliphatic rings. The van der Waals surface area contributed by atoms with Crippen LogP contribution in [0.1, 0.15) is 48.9 Å². The number of hydrogen-bond donors (Lipinski definition) is 0. The van der Waals surface area contributed by atoms with Gasteiger partial charge in [0.1, 0.15) is 12.5 Å². The van der Waals surface area contributed by atoms with Gasteiger partial charge in [0.2, 0.25) is 0 Å². The highest BCUT2D eigenvalue weighted by atomic mass is 16.6. The lowest BCUT2D eigenvalue weighted by Crippen LogP contribution is -2.36. The van der Waals surface area contributed by atoms with E-state index in [-0.39, 0.29) is 31.1 Å². The zero-order valence-electron chi connectivity index (χ0n) is 26.8. The summed E-state index contributed by atoms with van der Waals surface area (Å²) in [4.78, 5) is 45.9. The number of esters is 2. The molecule has 0 saturated heterocycles. The second-order valence-electron chi connectivity index (χ2n) is 10.8. The Morgan fingerprint density at radius 2 is 1.70 bits per heavy atom. The fourth-order valence-corrected chi connectivity index (χ4v) is 5.34. The first-order valence-electron chi connectivity index (χ1n) is 15.4. The molecule has 4 rings (SSSR count). The SMILES string of the molecule is CCOC(=O)C1C(C)=NC(C)=C(C(=O)OCCOCCOCC=Cc2ccc(Cc3cccnc3)cc2)C1c1cccc([N+](=O)[O-])c1. The van der Waals surface area contributed by atoms with E-state index in [1.807, 2.05) is 24.4 Å². The molecule has 2 unspecified atom stereocenters. The van der Waals surface area contributed by atoms with Crippen LogP contribution in [0.3, 0.4) is 0 Å². The lowest BCUT2D eigenvalue weighted by Gasteiger charge is -2.31. The predicted molar refractivity (Wildman–Crippen MR) is 177 cm³/mol. The monoisotopic (exact) mass is 641 g/mol. The second kappa shape index (κ2) is 17.6. The van der Waals surface area contributed by atoms with Crippen molar-refractivity contribution in [2.45, 2.75) is 33.1 Å². The standard InChI is InChI=1S/C36H39N3O8/c1-4-46-35(40)32-25(2)38-26(3)33(34(32)30-10-5-11-31(23-30)39(42)43)36(41)47-21-20-45-19-18-44-17-7-9-27-12-14-28(15-13-27)22-29-8-6-16-37-24-29/h5-16,23-24,32,34H,4,17-22H2,1-3H3. The first-order valence-corrected chi connectivity index (χ1v) is 15.4. The van der Waals surface area contributed by atoms with Gasteiger partial charge in [0.25, 0.3) is 5.69 Å². The number of ether oxygens (including phenoxy) is 4. The number of non-ortho nitro benzene ring substituents is 1. The van der Waals surface area contributed by atoms with Gasteiger partial charge in [0.05, 0.1) is 43.5 Å². The molecule has 11 heteroatoms. The third-order valence-electron chi connectivity index (χ3n) is 7.50. The van der Waals surface area contributed by atoms with Gasteiger partial charge in [0.15, 0.2) is 0 Å². The average molecular weight is 642 g/mol. The maximum atomic E-state index is 13.3. The van der Waals surface area contributed by atoms with Crippen LogP contribution < -0.4 is 0 Å². The van der Waals surface area contributed by atoms with E-state index < -0.39 is 28.7 Å². The zero-order valence-corrected chi connectivity index (χ0v) is 26.8.